The molecule has 0 radical (unpaired) electrons. The molecule has 0 saturated heterocycles. The topological polar surface area (TPSA) is 237 Å². The first kappa shape index (κ1) is 94.2. The lowest BCUT2D eigenvalue weighted by Crippen LogP contribution is -2.30. The van der Waals surface area contributed by atoms with Crippen molar-refractivity contribution in [1.82, 2.24) is 0 Å². The van der Waals surface area contributed by atoms with Crippen LogP contribution in [-0.4, -0.2) is 96.7 Å². The smallest absolute Gasteiger partial charge is 0.462 e. The Morgan fingerprint density at radius 3 is 0.867 bits per heavy atom. The second-order valence-electron chi connectivity index (χ2n) is 25.9. The van der Waals surface area contributed by atoms with Gasteiger partial charge in [-0.05, 0) is 116 Å². The summed E-state index contributed by atoms with van der Waals surface area (Å²) in [6.07, 6.45) is 72.8. The highest BCUT2D eigenvalue weighted by atomic mass is 31.2. The van der Waals surface area contributed by atoms with Gasteiger partial charge in [0, 0.05) is 25.7 Å². The molecule has 0 amide bonds. The third-order valence-corrected chi connectivity index (χ3v) is 18.2. The molecule has 3 N–H and O–H groups in total. The first-order valence-corrected chi connectivity index (χ1v) is 41.8. The van der Waals surface area contributed by atoms with Gasteiger partial charge < -0.3 is 33.8 Å². The zero-order valence-corrected chi connectivity index (χ0v) is 63.7. The number of carbonyl (C=O) groups is 4. The van der Waals surface area contributed by atoms with E-state index in [2.05, 4.69) is 113 Å². The Bertz CT molecular complexity index is 2190. The number of allylic oxidation sites excluding steroid dienone is 14. The first-order chi connectivity index (χ1) is 47.7. The van der Waals surface area contributed by atoms with Crippen LogP contribution in [0.4, 0.5) is 0 Å². The van der Waals surface area contributed by atoms with Gasteiger partial charge >= 0.3 is 39.5 Å². The number of rotatable bonds is 73. The number of carbonyl (C=O) groups excluding carboxylic acids is 4. The molecule has 0 saturated carbocycles. The zero-order valence-electron chi connectivity index (χ0n) is 62.0. The van der Waals surface area contributed by atoms with Crippen LogP contribution in [0.2, 0.25) is 0 Å². The van der Waals surface area contributed by atoms with Gasteiger partial charge in [-0.25, -0.2) is 9.13 Å². The van der Waals surface area contributed by atoms with Crippen molar-refractivity contribution in [3.8, 4) is 0 Å². The maximum Gasteiger partial charge on any atom is 0.472 e. The number of phosphoric ester groups is 2. The Labute approximate surface area is 595 Å². The molecule has 0 aromatic heterocycles. The van der Waals surface area contributed by atoms with Crippen molar-refractivity contribution in [2.45, 2.75) is 354 Å². The second kappa shape index (κ2) is 71.6. The molecule has 0 aliphatic carbocycles. The first-order valence-electron chi connectivity index (χ1n) is 38.8. The van der Waals surface area contributed by atoms with E-state index >= 15 is 0 Å². The van der Waals surface area contributed by atoms with Crippen LogP contribution in [0.3, 0.4) is 0 Å². The lowest BCUT2D eigenvalue weighted by atomic mass is 10.0. The molecule has 568 valence electrons. The van der Waals surface area contributed by atoms with Gasteiger partial charge in [0.15, 0.2) is 12.2 Å². The second-order valence-corrected chi connectivity index (χ2v) is 28.8. The fourth-order valence-corrected chi connectivity index (χ4v) is 12.0. The van der Waals surface area contributed by atoms with Gasteiger partial charge in [0.25, 0.3) is 0 Å². The quantitative estimate of drug-likeness (QED) is 0.0169. The number of aliphatic hydroxyl groups excluding tert-OH is 1. The van der Waals surface area contributed by atoms with Gasteiger partial charge in [0.05, 0.1) is 26.4 Å². The third-order valence-electron chi connectivity index (χ3n) is 16.3. The average molecular weight is 1420 g/mol. The minimum atomic E-state index is -4.98. The van der Waals surface area contributed by atoms with Crippen molar-refractivity contribution in [3.63, 3.8) is 0 Å². The van der Waals surface area contributed by atoms with E-state index in [0.29, 0.717) is 25.7 Å². The molecule has 0 aliphatic rings. The molecule has 5 unspecified atom stereocenters. The normalized spacial score (nSPS) is 14.4. The molecule has 0 bridgehead atoms. The maximum absolute atomic E-state index is 13.1. The highest BCUT2D eigenvalue weighted by molar-refractivity contribution is 7.47. The van der Waals surface area contributed by atoms with E-state index < -0.39 is 97.5 Å². The molecule has 17 nitrogen and oxygen atoms in total. The highest BCUT2D eigenvalue weighted by Crippen LogP contribution is 2.45. The van der Waals surface area contributed by atoms with Crippen LogP contribution in [0.15, 0.2) is 85.1 Å². The summed E-state index contributed by atoms with van der Waals surface area (Å²) in [5.41, 5.74) is 0. The number of aliphatic hydroxyl groups is 1. The van der Waals surface area contributed by atoms with E-state index in [0.717, 1.165) is 167 Å². The van der Waals surface area contributed by atoms with Gasteiger partial charge in [0.1, 0.15) is 19.3 Å². The molecule has 98 heavy (non-hydrogen) atoms. The molecule has 0 fully saturated rings. The number of hydrogen-bond donors (Lipinski definition) is 3. The zero-order chi connectivity index (χ0) is 71.8. The number of unbranched alkanes of at least 4 members (excludes halogenated alkanes) is 33. The lowest BCUT2D eigenvalue weighted by molar-refractivity contribution is -0.161. The van der Waals surface area contributed by atoms with E-state index in [1.54, 1.807) is 0 Å². The van der Waals surface area contributed by atoms with Crippen molar-refractivity contribution < 1.29 is 80.2 Å². The van der Waals surface area contributed by atoms with Gasteiger partial charge in [-0.3, -0.25) is 37.3 Å². The Morgan fingerprint density at radius 1 is 0.296 bits per heavy atom. The predicted octanol–water partition coefficient (Wildman–Crippen LogP) is 22.2. The van der Waals surface area contributed by atoms with Crippen molar-refractivity contribution >= 4 is 39.5 Å². The van der Waals surface area contributed by atoms with Crippen LogP contribution >= 0.6 is 15.6 Å². The Kier molecular flexibility index (Phi) is 68.9. The summed E-state index contributed by atoms with van der Waals surface area (Å²) < 4.78 is 68.5. The molecular formula is C79H140O17P2. The molecule has 0 aliphatic heterocycles. The summed E-state index contributed by atoms with van der Waals surface area (Å²) in [4.78, 5) is 72.9. The number of phosphoric acid groups is 2. The molecule has 0 spiro atoms. The summed E-state index contributed by atoms with van der Waals surface area (Å²) in [5, 5.41) is 10.6. The number of hydrogen-bond acceptors (Lipinski definition) is 15. The van der Waals surface area contributed by atoms with Crippen molar-refractivity contribution in [2.75, 3.05) is 39.6 Å². The van der Waals surface area contributed by atoms with Gasteiger partial charge in [0.2, 0.25) is 0 Å². The SMILES string of the molecule is CC/C=C\C/C=C\C/C=C\C/C=C\CCCCCCC(=O)OCC(COP(=O)(O)OCC(O)COP(=O)(O)OCC(COC(=O)CCCCCCC/C=C\CCCCCCCC)OC(=O)CCCCCCC/C=C\C/C=C\CCC)OC(=O)CCCCCCCCCCCCCCC. The van der Waals surface area contributed by atoms with Crippen molar-refractivity contribution in [3.05, 3.63) is 85.1 Å². The molecule has 19 heteroatoms. The van der Waals surface area contributed by atoms with Gasteiger partial charge in [-0.1, -0.05) is 280 Å². The third kappa shape index (κ3) is 70.7. The summed E-state index contributed by atoms with van der Waals surface area (Å²) in [6, 6.07) is 0. The summed E-state index contributed by atoms with van der Waals surface area (Å²) >= 11 is 0. The summed E-state index contributed by atoms with van der Waals surface area (Å²) in [5.74, 6) is -2.21. The minimum absolute atomic E-state index is 0.0787. The Morgan fingerprint density at radius 2 is 0.551 bits per heavy atom. The molecule has 5 atom stereocenters. The van der Waals surface area contributed by atoms with Crippen LogP contribution < -0.4 is 0 Å². The van der Waals surface area contributed by atoms with E-state index in [1.165, 1.54) is 89.9 Å². The van der Waals surface area contributed by atoms with E-state index in [-0.39, 0.29) is 25.7 Å². The van der Waals surface area contributed by atoms with E-state index in [4.69, 9.17) is 37.0 Å². The van der Waals surface area contributed by atoms with Crippen molar-refractivity contribution in [1.29, 1.82) is 0 Å². The van der Waals surface area contributed by atoms with Crippen LogP contribution in [0.5, 0.6) is 0 Å². The Balaban J connectivity index is 5.35. The monoisotopic (exact) mass is 1420 g/mol. The van der Waals surface area contributed by atoms with Gasteiger partial charge in [-0.2, -0.15) is 0 Å². The molecule has 0 heterocycles. The predicted molar refractivity (Wildman–Crippen MR) is 399 cm³/mol. The number of ether oxygens (including phenoxy) is 4. The minimum Gasteiger partial charge on any atom is -0.462 e. The van der Waals surface area contributed by atoms with E-state index in [9.17, 15) is 43.2 Å². The van der Waals surface area contributed by atoms with Crippen LogP contribution in [0, 0.1) is 0 Å². The van der Waals surface area contributed by atoms with Crippen molar-refractivity contribution in [2.24, 2.45) is 0 Å². The Hall–Kier alpha value is -3.76. The standard InChI is InChI=1S/C79H140O17P2/c1-5-9-13-17-21-25-29-33-35-36-38-42-44-48-52-56-60-64-77(82)90-70-75(96-79(84)66-62-58-54-50-46-40-32-28-24-20-16-12-8-4)72-94-98(87,88)92-68-73(80)67-91-97(85,86)93-71-74(95-78(83)65-61-57-53-49-45-39-31-27-23-19-15-11-7-3)69-89-76(81)63-59-55-51-47-43-41-37-34-30-26-22-18-14-10-6-2/h9,13,15,19,21,25,27,31,33-35,37-38,42,73-75,80H,5-8,10-12,14,16-18,20,22-24,26,28-30,32,36,39-41,43-72H2,1-4H3,(H,85,86)(H,87,88)/b13-9-,19-15-,25-21-,31-27-,35-33-,37-34-,42-38-. The molecule has 0 aromatic carbocycles. The van der Waals surface area contributed by atoms with Crippen LogP contribution in [-0.2, 0) is 65.4 Å². The van der Waals surface area contributed by atoms with Crippen LogP contribution in [0.25, 0.3) is 0 Å². The van der Waals surface area contributed by atoms with Crippen LogP contribution in [0.1, 0.15) is 336 Å². The highest BCUT2D eigenvalue weighted by Gasteiger charge is 2.30. The van der Waals surface area contributed by atoms with E-state index in [1.807, 2.05) is 0 Å². The number of esters is 4. The fourth-order valence-electron chi connectivity index (χ4n) is 10.4. The largest absolute Gasteiger partial charge is 0.472 e. The maximum atomic E-state index is 13.1. The fraction of sp³-hybridized carbons (Fsp3) is 0.772. The lowest BCUT2D eigenvalue weighted by Gasteiger charge is -2.21. The molecule has 0 aromatic rings. The van der Waals surface area contributed by atoms with Gasteiger partial charge in [-0.15, -0.1) is 0 Å². The summed E-state index contributed by atoms with van der Waals surface area (Å²) in [6.45, 7) is 4.68. The summed E-state index contributed by atoms with van der Waals surface area (Å²) in [7, 11) is -9.95. The molecule has 0 rings (SSSR count). The average Bonchev–Trinajstić information content (AvgIpc) is 0.969. The molecular weight excluding hydrogens is 1280 g/mol.